The van der Waals surface area contributed by atoms with Crippen molar-refractivity contribution in [1.82, 2.24) is 4.57 Å². The van der Waals surface area contributed by atoms with E-state index in [-0.39, 0.29) is 5.56 Å². The van der Waals surface area contributed by atoms with Crippen molar-refractivity contribution in [3.63, 3.8) is 0 Å². The van der Waals surface area contributed by atoms with Crippen LogP contribution in [0.5, 0.6) is 11.5 Å². The van der Waals surface area contributed by atoms with Crippen LogP contribution in [0.1, 0.15) is 17.3 Å². The van der Waals surface area contributed by atoms with E-state index in [4.69, 9.17) is 14.8 Å². The van der Waals surface area contributed by atoms with Crippen LogP contribution in [0.25, 0.3) is 11.3 Å². The second kappa shape index (κ2) is 8.80. The first-order chi connectivity index (χ1) is 14.7. The lowest BCUT2D eigenvalue weighted by molar-refractivity contribution is 0.0697. The third-order valence-corrected chi connectivity index (χ3v) is 5.45. The Labute approximate surface area is 178 Å². The van der Waals surface area contributed by atoms with Gasteiger partial charge in [-0.05, 0) is 55.5 Å². The van der Waals surface area contributed by atoms with Gasteiger partial charge in [-0.1, -0.05) is 30.3 Å². The summed E-state index contributed by atoms with van der Waals surface area (Å²) >= 11 is 1.54. The van der Waals surface area contributed by atoms with Crippen molar-refractivity contribution in [3.8, 4) is 22.8 Å². The second-order valence-electron chi connectivity index (χ2n) is 6.52. The number of aromatic nitrogens is 1. The monoisotopic (exact) mass is 416 g/mol. The summed E-state index contributed by atoms with van der Waals surface area (Å²) in [6, 6.07) is 24.2. The molecule has 5 nitrogen and oxygen atoms in total. The number of carboxylic acid groups (broad SMARTS) is 1. The smallest absolute Gasteiger partial charge is 0.335 e. The number of rotatable bonds is 6. The lowest BCUT2D eigenvalue weighted by atomic mass is 10.1. The molecular formula is C24H20N2O3S. The van der Waals surface area contributed by atoms with Gasteiger partial charge in [0.25, 0.3) is 0 Å². The maximum atomic E-state index is 11.0. The first-order valence-corrected chi connectivity index (χ1v) is 10.4. The zero-order valence-electron chi connectivity index (χ0n) is 16.4. The van der Waals surface area contributed by atoms with Crippen molar-refractivity contribution in [2.45, 2.75) is 13.5 Å². The number of nitrogens with zero attached hydrogens (tertiary/aromatic N) is 2. The molecule has 0 fully saturated rings. The molecule has 150 valence electrons. The Hall–Kier alpha value is -3.64. The Kier molecular flexibility index (Phi) is 5.77. The summed E-state index contributed by atoms with van der Waals surface area (Å²) in [6.07, 6.45) is 0. The van der Waals surface area contributed by atoms with Crippen LogP contribution < -0.4 is 9.54 Å². The molecule has 1 heterocycles. The number of hydrogen-bond acceptors (Lipinski definition) is 4. The van der Waals surface area contributed by atoms with Crippen molar-refractivity contribution < 1.29 is 14.6 Å². The fourth-order valence-electron chi connectivity index (χ4n) is 3.11. The average Bonchev–Trinajstić information content (AvgIpc) is 3.17. The van der Waals surface area contributed by atoms with Gasteiger partial charge < -0.3 is 14.4 Å². The highest BCUT2D eigenvalue weighted by Gasteiger charge is 2.13. The van der Waals surface area contributed by atoms with Crippen molar-refractivity contribution >= 4 is 23.0 Å². The SMILES string of the molecule is CCn1c(-c2ccccc2Oc2ccccc2)cs/c1=N\c1ccc(C(=O)O)cc1. The molecule has 1 aromatic heterocycles. The summed E-state index contributed by atoms with van der Waals surface area (Å²) in [7, 11) is 0. The highest BCUT2D eigenvalue weighted by atomic mass is 32.1. The van der Waals surface area contributed by atoms with E-state index in [1.54, 1.807) is 35.6 Å². The highest BCUT2D eigenvalue weighted by molar-refractivity contribution is 7.07. The van der Waals surface area contributed by atoms with E-state index >= 15 is 0 Å². The number of benzene rings is 3. The molecule has 0 aliphatic carbocycles. The topological polar surface area (TPSA) is 63.8 Å². The van der Waals surface area contributed by atoms with Crippen LogP contribution in [0.2, 0.25) is 0 Å². The van der Waals surface area contributed by atoms with Crippen LogP contribution in [-0.2, 0) is 6.54 Å². The van der Waals surface area contributed by atoms with Gasteiger partial charge in [0.2, 0.25) is 0 Å². The standard InChI is InChI=1S/C24H20N2O3S/c1-2-26-21(16-30-24(26)25-18-14-12-17(13-15-18)23(27)28)20-10-6-7-11-22(20)29-19-8-4-3-5-9-19/h3-16H,2H2,1H3,(H,27,28)/b25-24-. The normalized spacial score (nSPS) is 11.4. The molecular weight excluding hydrogens is 396 g/mol. The van der Waals surface area contributed by atoms with Crippen LogP contribution in [0.15, 0.2) is 89.2 Å². The predicted octanol–water partition coefficient (Wildman–Crippen LogP) is 5.96. The quantitative estimate of drug-likeness (QED) is 0.422. The fraction of sp³-hybridized carbons (Fsp3) is 0.0833. The molecule has 0 atom stereocenters. The van der Waals surface area contributed by atoms with Crippen molar-refractivity contribution in [3.05, 3.63) is 94.6 Å². The van der Waals surface area contributed by atoms with Crippen molar-refractivity contribution in [2.24, 2.45) is 4.99 Å². The molecule has 0 unspecified atom stereocenters. The number of carboxylic acids is 1. The number of carbonyl (C=O) groups is 1. The summed E-state index contributed by atoms with van der Waals surface area (Å²) in [5.74, 6) is 0.617. The summed E-state index contributed by atoms with van der Waals surface area (Å²) in [4.78, 5) is 16.6. The van der Waals surface area contributed by atoms with Gasteiger partial charge in [-0.25, -0.2) is 9.79 Å². The van der Waals surface area contributed by atoms with Crippen LogP contribution >= 0.6 is 11.3 Å². The first-order valence-electron chi connectivity index (χ1n) is 9.54. The number of thiazole rings is 1. The summed E-state index contributed by atoms with van der Waals surface area (Å²) in [5, 5.41) is 11.1. The predicted molar refractivity (Wildman–Crippen MR) is 119 cm³/mol. The maximum Gasteiger partial charge on any atom is 0.335 e. The van der Waals surface area contributed by atoms with Crippen LogP contribution in [-0.4, -0.2) is 15.6 Å². The summed E-state index contributed by atoms with van der Waals surface area (Å²) < 4.78 is 8.26. The van der Waals surface area contributed by atoms with Gasteiger partial charge in [0.1, 0.15) is 11.5 Å². The Morgan fingerprint density at radius 1 is 1.00 bits per heavy atom. The molecule has 0 saturated carbocycles. The zero-order valence-corrected chi connectivity index (χ0v) is 17.2. The minimum Gasteiger partial charge on any atom is -0.478 e. The molecule has 0 aliphatic rings. The van der Waals surface area contributed by atoms with Gasteiger partial charge in [0, 0.05) is 17.5 Å². The molecule has 30 heavy (non-hydrogen) atoms. The molecule has 0 bridgehead atoms. The number of aromatic carboxylic acids is 1. The van der Waals surface area contributed by atoms with Crippen molar-refractivity contribution in [1.29, 1.82) is 0 Å². The van der Waals surface area contributed by atoms with Gasteiger partial charge in [-0.15, -0.1) is 11.3 Å². The lowest BCUT2D eigenvalue weighted by Crippen LogP contribution is -2.14. The van der Waals surface area contributed by atoms with E-state index in [1.165, 1.54) is 0 Å². The first kappa shape index (κ1) is 19.7. The Balaban J connectivity index is 1.74. The van der Waals surface area contributed by atoms with Crippen molar-refractivity contribution in [2.75, 3.05) is 0 Å². The van der Waals surface area contributed by atoms with Gasteiger partial charge in [0.15, 0.2) is 4.80 Å². The molecule has 0 spiro atoms. The molecule has 6 heteroatoms. The second-order valence-corrected chi connectivity index (χ2v) is 7.36. The van der Waals surface area contributed by atoms with E-state index in [1.807, 2.05) is 54.6 Å². The molecule has 4 aromatic rings. The van der Waals surface area contributed by atoms with Crippen LogP contribution in [0, 0.1) is 0 Å². The van der Waals surface area contributed by atoms with E-state index in [9.17, 15) is 4.79 Å². The lowest BCUT2D eigenvalue weighted by Gasteiger charge is -2.12. The highest BCUT2D eigenvalue weighted by Crippen LogP contribution is 2.33. The third-order valence-electron chi connectivity index (χ3n) is 4.59. The summed E-state index contributed by atoms with van der Waals surface area (Å²) in [6.45, 7) is 2.81. The van der Waals surface area contributed by atoms with Gasteiger partial charge >= 0.3 is 5.97 Å². The number of ether oxygens (including phenoxy) is 1. The van der Waals surface area contributed by atoms with E-state index in [2.05, 4.69) is 16.9 Å². The average molecular weight is 417 g/mol. The number of para-hydroxylation sites is 2. The minimum atomic E-state index is -0.946. The fourth-order valence-corrected chi connectivity index (χ4v) is 4.10. The van der Waals surface area contributed by atoms with Gasteiger partial charge in [-0.3, -0.25) is 0 Å². The largest absolute Gasteiger partial charge is 0.478 e. The zero-order chi connectivity index (χ0) is 20.9. The van der Waals surface area contributed by atoms with E-state index in [0.29, 0.717) is 5.69 Å². The van der Waals surface area contributed by atoms with Crippen LogP contribution in [0.3, 0.4) is 0 Å². The summed E-state index contributed by atoms with van der Waals surface area (Å²) in [5.41, 5.74) is 2.97. The molecule has 4 rings (SSSR count). The molecule has 0 radical (unpaired) electrons. The maximum absolute atomic E-state index is 11.0. The molecule has 1 N–H and O–H groups in total. The molecule has 0 aliphatic heterocycles. The Morgan fingerprint density at radius 3 is 2.40 bits per heavy atom. The molecule has 0 saturated heterocycles. The molecule has 3 aromatic carbocycles. The minimum absolute atomic E-state index is 0.246. The van der Waals surface area contributed by atoms with E-state index in [0.717, 1.165) is 34.1 Å². The van der Waals surface area contributed by atoms with Gasteiger partial charge in [0.05, 0.1) is 16.9 Å². The molecule has 0 amide bonds. The van der Waals surface area contributed by atoms with E-state index < -0.39 is 5.97 Å². The van der Waals surface area contributed by atoms with Gasteiger partial charge in [-0.2, -0.15) is 0 Å². The van der Waals surface area contributed by atoms with Crippen LogP contribution in [0.4, 0.5) is 5.69 Å². The third kappa shape index (κ3) is 4.18. The Bertz CT molecular complexity index is 1230. The Morgan fingerprint density at radius 2 is 1.70 bits per heavy atom. The number of hydrogen-bond donors (Lipinski definition) is 1.